The summed E-state index contributed by atoms with van der Waals surface area (Å²) >= 11 is 3.20. The van der Waals surface area contributed by atoms with Crippen molar-refractivity contribution in [1.82, 2.24) is 15.5 Å². The zero-order valence-electron chi connectivity index (χ0n) is 7.70. The smallest absolute Gasteiger partial charge is 0.253 e. The Balaban J connectivity index is 2.64. The summed E-state index contributed by atoms with van der Waals surface area (Å²) in [6.07, 6.45) is 2.89. The van der Waals surface area contributed by atoms with E-state index in [-0.39, 0.29) is 11.9 Å². The van der Waals surface area contributed by atoms with Gasteiger partial charge in [0.1, 0.15) is 0 Å². The fourth-order valence-corrected chi connectivity index (χ4v) is 0.898. The van der Waals surface area contributed by atoms with E-state index in [1.165, 1.54) is 12.4 Å². The van der Waals surface area contributed by atoms with E-state index in [1.54, 1.807) is 6.07 Å². The van der Waals surface area contributed by atoms with Gasteiger partial charge in [0, 0.05) is 4.48 Å². The summed E-state index contributed by atoms with van der Waals surface area (Å²) < 4.78 is 0.730. The second kappa shape index (κ2) is 4.85. The summed E-state index contributed by atoms with van der Waals surface area (Å²) in [7, 11) is 0. The molecule has 1 aromatic rings. The highest BCUT2D eigenvalue weighted by atomic mass is 79.9. The lowest BCUT2D eigenvalue weighted by Crippen LogP contribution is -2.32. The highest BCUT2D eigenvalue weighted by Crippen LogP contribution is 2.07. The summed E-state index contributed by atoms with van der Waals surface area (Å²) in [5, 5.41) is 9.94. The number of aromatic nitrogens is 2. The molecule has 0 aliphatic heterocycles. The lowest BCUT2D eigenvalue weighted by molar-refractivity contribution is 0.0946. The molecule has 14 heavy (non-hydrogen) atoms. The molecular formula is C9H10BrN3O. The van der Waals surface area contributed by atoms with Crippen LogP contribution in [0, 0.1) is 0 Å². The van der Waals surface area contributed by atoms with E-state index < -0.39 is 0 Å². The van der Waals surface area contributed by atoms with Crippen LogP contribution in [0.3, 0.4) is 0 Å². The Morgan fingerprint density at radius 1 is 1.64 bits per heavy atom. The first-order valence-electron chi connectivity index (χ1n) is 4.03. The van der Waals surface area contributed by atoms with Crippen LogP contribution in [0.5, 0.6) is 0 Å². The van der Waals surface area contributed by atoms with Crippen LogP contribution >= 0.6 is 15.9 Å². The lowest BCUT2D eigenvalue weighted by atomic mass is 10.2. The van der Waals surface area contributed by atoms with Crippen LogP contribution in [0.4, 0.5) is 0 Å². The monoisotopic (exact) mass is 255 g/mol. The molecule has 0 spiro atoms. The van der Waals surface area contributed by atoms with Crippen molar-refractivity contribution in [2.24, 2.45) is 0 Å². The van der Waals surface area contributed by atoms with Gasteiger partial charge in [0.15, 0.2) is 0 Å². The first kappa shape index (κ1) is 10.8. The Labute approximate surface area is 90.6 Å². The molecule has 1 unspecified atom stereocenters. The molecule has 0 fully saturated rings. The predicted octanol–water partition coefficient (Wildman–Crippen LogP) is 1.50. The standard InChI is InChI=1S/C9H10BrN3O/c1-6(10)7(2)13-9(14)8-3-4-11-12-5-8/h3-5,7H,1H2,2H3,(H,13,14). The van der Waals surface area contributed by atoms with Crippen LogP contribution in [0.15, 0.2) is 29.5 Å². The minimum Gasteiger partial charge on any atom is -0.345 e. The van der Waals surface area contributed by atoms with Crippen LogP contribution in [0.1, 0.15) is 17.3 Å². The minimum absolute atomic E-state index is 0.115. The number of hydrogen-bond acceptors (Lipinski definition) is 3. The summed E-state index contributed by atoms with van der Waals surface area (Å²) in [5.41, 5.74) is 0.487. The van der Waals surface area contributed by atoms with E-state index in [2.05, 4.69) is 38.0 Å². The largest absolute Gasteiger partial charge is 0.345 e. The van der Waals surface area contributed by atoms with Gasteiger partial charge >= 0.3 is 0 Å². The second-order valence-corrected chi connectivity index (χ2v) is 3.79. The maximum absolute atomic E-state index is 11.5. The third-order valence-electron chi connectivity index (χ3n) is 1.66. The van der Waals surface area contributed by atoms with Gasteiger partial charge < -0.3 is 5.32 Å². The van der Waals surface area contributed by atoms with Crippen molar-refractivity contribution < 1.29 is 4.79 Å². The average molecular weight is 256 g/mol. The molecule has 74 valence electrons. The van der Waals surface area contributed by atoms with Crippen molar-refractivity contribution in [2.45, 2.75) is 13.0 Å². The Morgan fingerprint density at radius 3 is 2.86 bits per heavy atom. The van der Waals surface area contributed by atoms with Gasteiger partial charge in [-0.15, -0.1) is 0 Å². The first-order valence-corrected chi connectivity index (χ1v) is 4.82. The summed E-state index contributed by atoms with van der Waals surface area (Å²) in [4.78, 5) is 11.5. The van der Waals surface area contributed by atoms with Gasteiger partial charge in [0.2, 0.25) is 0 Å². The first-order chi connectivity index (χ1) is 6.61. The molecule has 0 radical (unpaired) electrons. The molecule has 0 saturated heterocycles. The molecule has 5 heteroatoms. The molecule has 0 aromatic carbocycles. The second-order valence-electron chi connectivity index (χ2n) is 2.77. The van der Waals surface area contributed by atoms with E-state index in [0.29, 0.717) is 5.56 Å². The molecule has 0 bridgehead atoms. The fraction of sp³-hybridized carbons (Fsp3) is 0.222. The number of nitrogens with zero attached hydrogens (tertiary/aromatic N) is 2. The van der Waals surface area contributed by atoms with Gasteiger partial charge in [-0.25, -0.2) is 0 Å². The number of halogens is 1. The van der Waals surface area contributed by atoms with E-state index in [4.69, 9.17) is 0 Å². The van der Waals surface area contributed by atoms with Crippen molar-refractivity contribution in [3.63, 3.8) is 0 Å². The normalized spacial score (nSPS) is 11.9. The van der Waals surface area contributed by atoms with Crippen LogP contribution < -0.4 is 5.32 Å². The zero-order valence-corrected chi connectivity index (χ0v) is 9.28. The van der Waals surface area contributed by atoms with E-state index >= 15 is 0 Å². The topological polar surface area (TPSA) is 54.9 Å². The summed E-state index contributed by atoms with van der Waals surface area (Å²) in [6, 6.07) is 1.49. The van der Waals surface area contributed by atoms with Gasteiger partial charge in [0.05, 0.1) is 24.0 Å². The summed E-state index contributed by atoms with van der Waals surface area (Å²) in [6.45, 7) is 5.51. The molecular weight excluding hydrogens is 246 g/mol. The van der Waals surface area contributed by atoms with Crippen molar-refractivity contribution >= 4 is 21.8 Å². The Morgan fingerprint density at radius 2 is 2.36 bits per heavy atom. The number of rotatable bonds is 3. The van der Waals surface area contributed by atoms with Crippen LogP contribution in [0.2, 0.25) is 0 Å². The van der Waals surface area contributed by atoms with Crippen molar-refractivity contribution in [1.29, 1.82) is 0 Å². The number of carbonyl (C=O) groups excluding carboxylic acids is 1. The molecule has 0 aliphatic rings. The Hall–Kier alpha value is -1.23. The van der Waals surface area contributed by atoms with Crippen LogP contribution in [-0.4, -0.2) is 22.1 Å². The van der Waals surface area contributed by atoms with Gasteiger partial charge in [-0.05, 0) is 13.0 Å². The maximum Gasteiger partial charge on any atom is 0.253 e. The Bertz CT molecular complexity index is 339. The number of hydrogen-bond donors (Lipinski definition) is 1. The molecule has 1 amide bonds. The highest BCUT2D eigenvalue weighted by Gasteiger charge is 2.10. The van der Waals surface area contributed by atoms with E-state index in [9.17, 15) is 4.79 Å². The minimum atomic E-state index is -0.187. The third-order valence-corrected chi connectivity index (χ3v) is 2.35. The van der Waals surface area contributed by atoms with Gasteiger partial charge in [0.25, 0.3) is 5.91 Å². The molecule has 1 N–H and O–H groups in total. The molecule has 1 atom stereocenters. The lowest BCUT2D eigenvalue weighted by Gasteiger charge is -2.11. The average Bonchev–Trinajstić information content (AvgIpc) is 2.19. The molecule has 1 heterocycles. The predicted molar refractivity (Wildman–Crippen MR) is 57.0 cm³/mol. The molecule has 0 aliphatic carbocycles. The third kappa shape index (κ3) is 2.92. The van der Waals surface area contributed by atoms with Gasteiger partial charge in [-0.1, -0.05) is 22.5 Å². The van der Waals surface area contributed by atoms with Crippen molar-refractivity contribution in [3.8, 4) is 0 Å². The molecule has 0 saturated carbocycles. The maximum atomic E-state index is 11.5. The van der Waals surface area contributed by atoms with Crippen LogP contribution in [-0.2, 0) is 0 Å². The van der Waals surface area contributed by atoms with Crippen molar-refractivity contribution in [2.75, 3.05) is 0 Å². The molecule has 1 rings (SSSR count). The van der Waals surface area contributed by atoms with Gasteiger partial charge in [-0.2, -0.15) is 10.2 Å². The summed E-state index contributed by atoms with van der Waals surface area (Å²) in [5.74, 6) is -0.187. The number of carbonyl (C=O) groups is 1. The van der Waals surface area contributed by atoms with E-state index in [0.717, 1.165) is 4.48 Å². The van der Waals surface area contributed by atoms with E-state index in [1.807, 2.05) is 6.92 Å². The zero-order chi connectivity index (χ0) is 10.6. The number of amides is 1. The fourth-order valence-electron chi connectivity index (χ4n) is 0.783. The Kier molecular flexibility index (Phi) is 3.76. The van der Waals surface area contributed by atoms with Crippen LogP contribution in [0.25, 0.3) is 0 Å². The quantitative estimate of drug-likeness (QED) is 0.891. The van der Waals surface area contributed by atoms with Crippen molar-refractivity contribution in [3.05, 3.63) is 35.1 Å². The molecule has 1 aromatic heterocycles. The highest BCUT2D eigenvalue weighted by molar-refractivity contribution is 9.11. The SMILES string of the molecule is C=C(Br)C(C)NC(=O)c1ccnnc1. The molecule has 4 nitrogen and oxygen atoms in total. The number of nitrogens with one attached hydrogen (secondary N) is 1. The van der Waals surface area contributed by atoms with Gasteiger partial charge in [-0.3, -0.25) is 4.79 Å².